The van der Waals surface area contributed by atoms with Crippen LogP contribution in [0.1, 0.15) is 18.2 Å². The van der Waals surface area contributed by atoms with E-state index in [-0.39, 0.29) is 0 Å². The zero-order valence-corrected chi connectivity index (χ0v) is 9.77. The molecule has 2 nitrogen and oxygen atoms in total. The van der Waals surface area contributed by atoms with Crippen molar-refractivity contribution in [3.8, 4) is 0 Å². The predicted octanol–water partition coefficient (Wildman–Crippen LogP) is 3.32. The second-order valence-electron chi connectivity index (χ2n) is 4.04. The zero-order valence-electron chi connectivity index (χ0n) is 9.77. The average molecular weight is 212 g/mol. The van der Waals surface area contributed by atoms with E-state index >= 15 is 0 Å². The van der Waals surface area contributed by atoms with Crippen LogP contribution in [0.15, 0.2) is 48.8 Å². The number of allylic oxidation sites excluding steroid dienone is 3. The molecule has 0 spiro atoms. The molecule has 2 rings (SSSR count). The molecule has 2 heterocycles. The molecule has 0 aromatic carbocycles. The van der Waals surface area contributed by atoms with Crippen molar-refractivity contribution in [3.05, 3.63) is 60.1 Å². The molecule has 0 aliphatic heterocycles. The smallest absolute Gasteiger partial charge is 0.136 e. The van der Waals surface area contributed by atoms with Crippen molar-refractivity contribution in [3.63, 3.8) is 0 Å². The summed E-state index contributed by atoms with van der Waals surface area (Å²) >= 11 is 0. The lowest BCUT2D eigenvalue weighted by Crippen LogP contribution is -1.88. The van der Waals surface area contributed by atoms with Crippen LogP contribution in [-0.4, -0.2) is 9.38 Å². The Bertz CT molecular complexity index is 547. The lowest BCUT2D eigenvalue weighted by molar-refractivity contribution is 1.11. The quantitative estimate of drug-likeness (QED) is 0.713. The van der Waals surface area contributed by atoms with Gasteiger partial charge in [-0.25, -0.2) is 4.98 Å². The number of fused-ring (bicyclic) bond motifs is 1. The van der Waals surface area contributed by atoms with E-state index in [0.29, 0.717) is 0 Å². The first-order chi connectivity index (χ1) is 7.69. The maximum atomic E-state index is 4.40. The molecule has 16 heavy (non-hydrogen) atoms. The summed E-state index contributed by atoms with van der Waals surface area (Å²) < 4.78 is 2.07. The van der Waals surface area contributed by atoms with E-state index in [9.17, 15) is 0 Å². The summed E-state index contributed by atoms with van der Waals surface area (Å²) in [7, 11) is 0. The number of aromatic nitrogens is 2. The Morgan fingerprint density at radius 3 is 3.00 bits per heavy atom. The summed E-state index contributed by atoms with van der Waals surface area (Å²) in [5.41, 5.74) is 4.55. The van der Waals surface area contributed by atoms with Gasteiger partial charge in [0.2, 0.25) is 0 Å². The van der Waals surface area contributed by atoms with Crippen LogP contribution in [0.3, 0.4) is 0 Å². The molecule has 0 aliphatic carbocycles. The molecule has 0 unspecified atom stereocenters. The maximum absolute atomic E-state index is 4.40. The van der Waals surface area contributed by atoms with Crippen molar-refractivity contribution in [1.29, 1.82) is 0 Å². The van der Waals surface area contributed by atoms with Crippen molar-refractivity contribution in [1.82, 2.24) is 9.38 Å². The number of imidazole rings is 1. The van der Waals surface area contributed by atoms with Gasteiger partial charge in [0.25, 0.3) is 0 Å². The molecule has 2 heteroatoms. The predicted molar refractivity (Wildman–Crippen MR) is 67.6 cm³/mol. The molecule has 0 radical (unpaired) electrons. The second-order valence-corrected chi connectivity index (χ2v) is 4.04. The first-order valence-corrected chi connectivity index (χ1v) is 5.42. The van der Waals surface area contributed by atoms with E-state index < -0.39 is 0 Å². The van der Waals surface area contributed by atoms with Gasteiger partial charge >= 0.3 is 0 Å². The van der Waals surface area contributed by atoms with Crippen molar-refractivity contribution in [2.45, 2.75) is 20.3 Å². The SMILES string of the molecule is C=CC(C)=CCc1ccc2nc(C)cn2c1. The van der Waals surface area contributed by atoms with Crippen molar-refractivity contribution < 1.29 is 0 Å². The standard InChI is InChI=1S/C14H16N2/c1-4-11(2)5-6-13-7-8-14-15-12(3)9-16(14)10-13/h4-5,7-10H,1,6H2,2-3H3. The molecule has 0 N–H and O–H groups in total. The Kier molecular flexibility index (Phi) is 2.91. The molecule has 0 amide bonds. The molecule has 82 valence electrons. The molecule has 0 saturated carbocycles. The lowest BCUT2D eigenvalue weighted by Gasteiger charge is -1.99. The third-order valence-corrected chi connectivity index (χ3v) is 2.61. The average Bonchev–Trinajstić information content (AvgIpc) is 2.65. The lowest BCUT2D eigenvalue weighted by atomic mass is 10.1. The highest BCUT2D eigenvalue weighted by Crippen LogP contribution is 2.09. The van der Waals surface area contributed by atoms with E-state index in [1.54, 1.807) is 0 Å². The maximum Gasteiger partial charge on any atom is 0.136 e. The third-order valence-electron chi connectivity index (χ3n) is 2.61. The fourth-order valence-corrected chi connectivity index (χ4v) is 1.65. The highest BCUT2D eigenvalue weighted by atomic mass is 15.0. The van der Waals surface area contributed by atoms with E-state index in [1.165, 1.54) is 11.1 Å². The van der Waals surface area contributed by atoms with Crippen LogP contribution in [0.2, 0.25) is 0 Å². The van der Waals surface area contributed by atoms with Crippen LogP contribution in [-0.2, 0) is 6.42 Å². The van der Waals surface area contributed by atoms with E-state index in [4.69, 9.17) is 0 Å². The number of hydrogen-bond donors (Lipinski definition) is 0. The minimum absolute atomic E-state index is 0.936. The Morgan fingerprint density at radius 2 is 2.25 bits per heavy atom. The van der Waals surface area contributed by atoms with Gasteiger partial charge in [-0.2, -0.15) is 0 Å². The van der Waals surface area contributed by atoms with Gasteiger partial charge < -0.3 is 4.40 Å². The van der Waals surface area contributed by atoms with Gasteiger partial charge in [-0.1, -0.05) is 30.4 Å². The van der Waals surface area contributed by atoms with Crippen molar-refractivity contribution in [2.24, 2.45) is 0 Å². The summed E-state index contributed by atoms with van der Waals surface area (Å²) in [5, 5.41) is 0. The Balaban J connectivity index is 2.28. The van der Waals surface area contributed by atoms with E-state index in [1.807, 2.05) is 19.2 Å². The fourth-order valence-electron chi connectivity index (χ4n) is 1.65. The van der Waals surface area contributed by atoms with Crippen LogP contribution in [0.25, 0.3) is 5.65 Å². The van der Waals surface area contributed by atoms with Crippen LogP contribution < -0.4 is 0 Å². The minimum atomic E-state index is 0.936. The molecule has 0 saturated heterocycles. The topological polar surface area (TPSA) is 17.3 Å². The van der Waals surface area contributed by atoms with E-state index in [0.717, 1.165) is 17.8 Å². The number of rotatable bonds is 3. The molecule has 0 aliphatic rings. The Hall–Kier alpha value is -1.83. The Morgan fingerprint density at radius 1 is 1.44 bits per heavy atom. The number of aryl methyl sites for hydroxylation is 1. The van der Waals surface area contributed by atoms with E-state index in [2.05, 4.69) is 47.3 Å². The Labute approximate surface area is 95.9 Å². The highest BCUT2D eigenvalue weighted by molar-refractivity contribution is 5.41. The summed E-state index contributed by atoms with van der Waals surface area (Å²) in [4.78, 5) is 4.40. The van der Waals surface area contributed by atoms with Gasteiger partial charge in [0.15, 0.2) is 0 Å². The summed E-state index contributed by atoms with van der Waals surface area (Å²) in [6.07, 6.45) is 9.16. The molecule has 0 bridgehead atoms. The number of pyridine rings is 1. The monoisotopic (exact) mass is 212 g/mol. The normalized spacial score (nSPS) is 12.0. The van der Waals surface area contributed by atoms with Gasteiger partial charge in [0, 0.05) is 12.4 Å². The van der Waals surface area contributed by atoms with Crippen LogP contribution in [0, 0.1) is 6.92 Å². The largest absolute Gasteiger partial charge is 0.307 e. The zero-order chi connectivity index (χ0) is 11.5. The summed E-state index contributed by atoms with van der Waals surface area (Å²) in [6.45, 7) is 7.81. The molecular formula is C14H16N2. The van der Waals surface area contributed by atoms with Gasteiger partial charge in [-0.05, 0) is 31.9 Å². The van der Waals surface area contributed by atoms with Gasteiger partial charge in [-0.3, -0.25) is 0 Å². The third kappa shape index (κ3) is 2.22. The van der Waals surface area contributed by atoms with Crippen LogP contribution in [0.5, 0.6) is 0 Å². The number of nitrogens with zero attached hydrogens (tertiary/aromatic N) is 2. The van der Waals surface area contributed by atoms with Gasteiger partial charge in [0.1, 0.15) is 5.65 Å². The molecule has 2 aromatic heterocycles. The van der Waals surface area contributed by atoms with Crippen LogP contribution >= 0.6 is 0 Å². The fraction of sp³-hybridized carbons (Fsp3) is 0.214. The molecule has 0 atom stereocenters. The van der Waals surface area contributed by atoms with Crippen molar-refractivity contribution >= 4 is 5.65 Å². The van der Waals surface area contributed by atoms with Crippen LogP contribution in [0.4, 0.5) is 0 Å². The highest BCUT2D eigenvalue weighted by Gasteiger charge is 1.98. The molecular weight excluding hydrogens is 196 g/mol. The first kappa shape index (κ1) is 10.7. The molecule has 0 fully saturated rings. The minimum Gasteiger partial charge on any atom is -0.307 e. The second kappa shape index (κ2) is 4.35. The van der Waals surface area contributed by atoms with Gasteiger partial charge in [-0.15, -0.1) is 0 Å². The van der Waals surface area contributed by atoms with Gasteiger partial charge in [0.05, 0.1) is 5.69 Å². The summed E-state index contributed by atoms with van der Waals surface area (Å²) in [5.74, 6) is 0. The first-order valence-electron chi connectivity index (χ1n) is 5.42. The van der Waals surface area contributed by atoms with Crippen molar-refractivity contribution in [2.75, 3.05) is 0 Å². The molecule has 2 aromatic rings. The number of hydrogen-bond acceptors (Lipinski definition) is 1. The summed E-state index contributed by atoms with van der Waals surface area (Å²) in [6, 6.07) is 4.17.